The lowest BCUT2D eigenvalue weighted by atomic mass is 9.83. The molecule has 0 bridgehead atoms. The predicted octanol–water partition coefficient (Wildman–Crippen LogP) is 6.29. The summed E-state index contributed by atoms with van der Waals surface area (Å²) < 4.78 is 4.43. The van der Waals surface area contributed by atoms with Crippen LogP contribution < -0.4 is 14.9 Å². The van der Waals surface area contributed by atoms with Crippen molar-refractivity contribution in [1.29, 1.82) is 0 Å². The Bertz CT molecular complexity index is 2140. The Kier molecular flexibility index (Phi) is 6.33. The molecule has 3 aromatic carbocycles. The monoisotopic (exact) mass is 592 g/mol. The number of aromatic nitrogens is 2. The smallest absolute Gasteiger partial charge is 0.271 e. The van der Waals surface area contributed by atoms with E-state index >= 15 is 0 Å². The second-order valence-electron chi connectivity index (χ2n) is 10.6. The highest BCUT2D eigenvalue weighted by molar-refractivity contribution is 7.07. The van der Waals surface area contributed by atoms with Crippen LogP contribution in [0.4, 0.5) is 5.69 Å². The number of rotatable bonds is 4. The zero-order valence-corrected chi connectivity index (χ0v) is 24.4. The number of nitro benzene ring substituents is 1. The number of benzene rings is 3. The molecule has 208 valence electrons. The Morgan fingerprint density at radius 1 is 1.02 bits per heavy atom. The average Bonchev–Trinajstić information content (AvgIpc) is 3.45. The maximum absolute atomic E-state index is 14.2. The Balaban J connectivity index is 1.41. The van der Waals surface area contributed by atoms with E-state index in [1.54, 1.807) is 16.7 Å². The summed E-state index contributed by atoms with van der Waals surface area (Å²) in [7, 11) is 0. The molecule has 9 heteroatoms. The molecule has 1 atom stereocenters. The molecule has 5 aromatic rings. The van der Waals surface area contributed by atoms with Gasteiger partial charge in [0.2, 0.25) is 0 Å². The van der Waals surface area contributed by atoms with Crippen molar-refractivity contribution in [2.75, 3.05) is 0 Å². The number of halogens is 1. The first-order valence-corrected chi connectivity index (χ1v) is 14.8. The molecule has 0 saturated carbocycles. The van der Waals surface area contributed by atoms with Crippen LogP contribution >= 0.6 is 22.9 Å². The van der Waals surface area contributed by atoms with Crippen LogP contribution in [0.2, 0.25) is 5.02 Å². The zero-order chi connectivity index (χ0) is 29.1. The van der Waals surface area contributed by atoms with E-state index in [1.807, 2.05) is 60.9 Å². The number of thiazole rings is 1. The van der Waals surface area contributed by atoms with Crippen LogP contribution in [0, 0.1) is 24.0 Å². The lowest BCUT2D eigenvalue weighted by molar-refractivity contribution is -0.384. The Morgan fingerprint density at radius 3 is 2.52 bits per heavy atom. The summed E-state index contributed by atoms with van der Waals surface area (Å²) in [5, 5.41) is 11.7. The molecule has 1 aliphatic heterocycles. The molecular formula is C33H25ClN4O3S. The first-order chi connectivity index (χ1) is 20.3. The van der Waals surface area contributed by atoms with Crippen LogP contribution in [0.5, 0.6) is 0 Å². The number of aryl methyl sites for hydroxylation is 2. The molecule has 0 spiro atoms. The number of hydrogen-bond donors (Lipinski definition) is 0. The summed E-state index contributed by atoms with van der Waals surface area (Å²) >= 11 is 8.14. The van der Waals surface area contributed by atoms with Crippen molar-refractivity contribution in [3.8, 4) is 5.69 Å². The summed E-state index contributed by atoms with van der Waals surface area (Å²) in [5.41, 5.74) is 8.87. The Labute approximate surface area is 250 Å². The van der Waals surface area contributed by atoms with Crippen molar-refractivity contribution in [2.45, 2.75) is 32.7 Å². The average molecular weight is 593 g/mol. The van der Waals surface area contributed by atoms with Gasteiger partial charge in [-0.3, -0.25) is 19.5 Å². The summed E-state index contributed by atoms with van der Waals surface area (Å²) in [6.45, 7) is 3.97. The minimum Gasteiger partial charge on any atom is -0.318 e. The van der Waals surface area contributed by atoms with Gasteiger partial charge in [0.25, 0.3) is 11.2 Å². The van der Waals surface area contributed by atoms with Crippen molar-refractivity contribution < 1.29 is 4.92 Å². The third-order valence-corrected chi connectivity index (χ3v) is 9.48. The SMILES string of the molecule is Cc1cc(C=c2sc3n(c2=O)C(c2ccccc2Cl)C2=C(N=3)c3ccccc3CC2)c(C)n1-c1ccc([N+](=O)[O-])cc1. The Morgan fingerprint density at radius 2 is 1.76 bits per heavy atom. The van der Waals surface area contributed by atoms with E-state index in [0.29, 0.717) is 14.4 Å². The van der Waals surface area contributed by atoms with Gasteiger partial charge in [-0.1, -0.05) is 65.4 Å². The standard InChI is InChI=1S/C33H25ClN4O3S/c1-19-17-22(20(2)36(19)23-12-14-24(15-13-23)38(40)41)18-29-32(39)37-31(26-9-5-6-10-28(26)34)27-16-11-21-7-3-4-8-25(21)30(27)35-33(37)42-29/h3-10,12-15,17-18,31H,11,16H2,1-2H3. The van der Waals surface area contributed by atoms with Gasteiger partial charge < -0.3 is 4.57 Å². The maximum atomic E-state index is 14.2. The fourth-order valence-electron chi connectivity index (χ4n) is 6.19. The van der Waals surface area contributed by atoms with Gasteiger partial charge in [-0.2, -0.15) is 0 Å². The number of nitrogens with zero attached hydrogens (tertiary/aromatic N) is 4. The molecule has 0 amide bonds. The van der Waals surface area contributed by atoms with Gasteiger partial charge in [0, 0.05) is 39.8 Å². The second kappa shape index (κ2) is 10.1. The molecule has 3 heterocycles. The molecule has 0 fully saturated rings. The zero-order valence-electron chi connectivity index (χ0n) is 22.9. The first-order valence-electron chi connectivity index (χ1n) is 13.6. The number of fused-ring (bicyclic) bond motifs is 3. The minimum absolute atomic E-state index is 0.0425. The number of non-ortho nitro benzene ring substituents is 1. The highest BCUT2D eigenvalue weighted by atomic mass is 35.5. The minimum atomic E-state index is -0.406. The summed E-state index contributed by atoms with van der Waals surface area (Å²) in [6, 6.07) is 24.2. The van der Waals surface area contributed by atoms with Crippen LogP contribution in [-0.4, -0.2) is 14.1 Å². The molecule has 2 aromatic heterocycles. The molecule has 2 aliphatic rings. The van der Waals surface area contributed by atoms with Crippen molar-refractivity contribution in [1.82, 2.24) is 9.13 Å². The van der Waals surface area contributed by atoms with E-state index in [0.717, 1.165) is 57.9 Å². The van der Waals surface area contributed by atoms with Crippen molar-refractivity contribution in [2.24, 2.45) is 4.99 Å². The lowest BCUT2D eigenvalue weighted by Gasteiger charge is -2.31. The van der Waals surface area contributed by atoms with Gasteiger partial charge in [0.15, 0.2) is 4.80 Å². The quantitative estimate of drug-likeness (QED) is 0.182. The van der Waals surface area contributed by atoms with E-state index in [4.69, 9.17) is 16.6 Å². The fourth-order valence-corrected chi connectivity index (χ4v) is 7.42. The molecule has 0 radical (unpaired) electrons. The molecule has 0 saturated heterocycles. The third kappa shape index (κ3) is 4.18. The van der Waals surface area contributed by atoms with Crippen LogP contribution in [0.1, 0.15) is 46.1 Å². The van der Waals surface area contributed by atoms with Gasteiger partial charge >= 0.3 is 0 Å². The van der Waals surface area contributed by atoms with Crippen LogP contribution in [-0.2, 0) is 6.42 Å². The molecule has 1 aliphatic carbocycles. The molecule has 42 heavy (non-hydrogen) atoms. The van der Waals surface area contributed by atoms with E-state index in [9.17, 15) is 14.9 Å². The predicted molar refractivity (Wildman–Crippen MR) is 166 cm³/mol. The third-order valence-electron chi connectivity index (χ3n) is 8.15. The fraction of sp³-hybridized carbons (Fsp3) is 0.152. The molecular weight excluding hydrogens is 568 g/mol. The van der Waals surface area contributed by atoms with Gasteiger partial charge in [-0.05, 0) is 79.3 Å². The van der Waals surface area contributed by atoms with E-state index in [-0.39, 0.29) is 17.3 Å². The number of hydrogen-bond acceptors (Lipinski definition) is 5. The van der Waals surface area contributed by atoms with Gasteiger partial charge in [0.05, 0.1) is 21.2 Å². The molecule has 7 nitrogen and oxygen atoms in total. The van der Waals surface area contributed by atoms with Crippen molar-refractivity contribution >= 4 is 40.4 Å². The maximum Gasteiger partial charge on any atom is 0.271 e. The highest BCUT2D eigenvalue weighted by Gasteiger charge is 2.33. The van der Waals surface area contributed by atoms with E-state index in [2.05, 4.69) is 18.2 Å². The van der Waals surface area contributed by atoms with Crippen LogP contribution in [0.25, 0.3) is 17.5 Å². The Hall–Kier alpha value is -4.53. The summed E-state index contributed by atoms with van der Waals surface area (Å²) in [4.78, 5) is 30.6. The van der Waals surface area contributed by atoms with Crippen molar-refractivity contribution in [3.05, 3.63) is 153 Å². The van der Waals surface area contributed by atoms with Crippen LogP contribution in [0.15, 0.2) is 94.2 Å². The summed E-state index contributed by atoms with van der Waals surface area (Å²) in [5.74, 6) is 0. The van der Waals surface area contributed by atoms with E-state index < -0.39 is 4.92 Å². The first kappa shape index (κ1) is 26.4. The summed E-state index contributed by atoms with van der Waals surface area (Å²) in [6.07, 6.45) is 3.60. The molecule has 1 unspecified atom stereocenters. The second-order valence-corrected chi connectivity index (χ2v) is 12.0. The normalized spacial score (nSPS) is 16.1. The lowest BCUT2D eigenvalue weighted by Crippen LogP contribution is -2.38. The number of allylic oxidation sites excluding steroid dienone is 1. The highest BCUT2D eigenvalue weighted by Crippen LogP contribution is 2.42. The number of nitro groups is 1. The molecule has 7 rings (SSSR count). The van der Waals surface area contributed by atoms with Gasteiger partial charge in [-0.15, -0.1) is 0 Å². The molecule has 0 N–H and O–H groups in total. The van der Waals surface area contributed by atoms with Crippen molar-refractivity contribution in [3.63, 3.8) is 0 Å². The topological polar surface area (TPSA) is 82.4 Å². The van der Waals surface area contributed by atoms with Crippen LogP contribution in [0.3, 0.4) is 0 Å². The van der Waals surface area contributed by atoms with Gasteiger partial charge in [0.1, 0.15) is 0 Å². The largest absolute Gasteiger partial charge is 0.318 e. The van der Waals surface area contributed by atoms with E-state index in [1.165, 1.54) is 29.0 Å². The van der Waals surface area contributed by atoms with Gasteiger partial charge in [-0.25, -0.2) is 4.99 Å².